The summed E-state index contributed by atoms with van der Waals surface area (Å²) in [6.07, 6.45) is 5.41. The molecule has 0 unspecified atom stereocenters. The van der Waals surface area contributed by atoms with Crippen LogP contribution in [-0.2, 0) is 0 Å². The summed E-state index contributed by atoms with van der Waals surface area (Å²) in [6, 6.07) is 11.3. The number of piperidine rings is 1. The zero-order valence-corrected chi connectivity index (χ0v) is 21.5. The molecule has 2 aromatic carbocycles. The quantitative estimate of drug-likeness (QED) is 0.322. The molecule has 0 saturated carbocycles. The highest BCUT2D eigenvalue weighted by Gasteiger charge is 2.20. The van der Waals surface area contributed by atoms with E-state index in [4.69, 9.17) is 0 Å². The molecule has 2 saturated heterocycles. The molecule has 6 rings (SSSR count). The van der Waals surface area contributed by atoms with Crippen LogP contribution in [0.15, 0.2) is 42.6 Å². The van der Waals surface area contributed by atoms with Gasteiger partial charge in [-0.25, -0.2) is 13.8 Å². The lowest BCUT2D eigenvalue weighted by Gasteiger charge is -2.28. The number of carbonyl (C=O) groups is 1. The van der Waals surface area contributed by atoms with Crippen molar-refractivity contribution in [1.29, 1.82) is 0 Å². The fourth-order valence-electron chi connectivity index (χ4n) is 5.43. The minimum absolute atomic E-state index is 0.102. The molecule has 2 aliphatic heterocycles. The Morgan fingerprint density at radius 2 is 2.03 bits per heavy atom. The Hall–Kier alpha value is -2.88. The first kappa shape index (κ1) is 24.5. The summed E-state index contributed by atoms with van der Waals surface area (Å²) in [6.45, 7) is 4.03. The molecule has 2 aliphatic rings. The molecule has 1 amide bonds. The number of aromatic nitrogens is 2. The van der Waals surface area contributed by atoms with Gasteiger partial charge in [0.1, 0.15) is 12.0 Å². The number of imidazole rings is 1. The highest BCUT2D eigenvalue weighted by Crippen LogP contribution is 2.32. The lowest BCUT2D eigenvalue weighted by molar-refractivity contribution is 0.0950. The number of likely N-dealkylation sites (tertiary alicyclic amines) is 1. The van der Waals surface area contributed by atoms with Crippen molar-refractivity contribution in [3.05, 3.63) is 59.5 Å². The maximum absolute atomic E-state index is 15.0. The Bertz CT molecular complexity index is 1420. The third kappa shape index (κ3) is 5.12. The zero-order chi connectivity index (χ0) is 25.4. The van der Waals surface area contributed by atoms with Crippen molar-refractivity contribution < 1.29 is 13.6 Å². The van der Waals surface area contributed by atoms with Gasteiger partial charge in [-0.3, -0.25) is 9.20 Å². The van der Waals surface area contributed by atoms with E-state index < -0.39 is 6.17 Å². The number of thiazole rings is 1. The monoisotopic (exact) mass is 523 g/mol. The number of amides is 1. The van der Waals surface area contributed by atoms with Crippen LogP contribution in [0.25, 0.3) is 26.4 Å². The normalized spacial score (nSPS) is 19.2. The number of fused-ring (bicyclic) bond motifs is 3. The summed E-state index contributed by atoms with van der Waals surface area (Å²) in [5, 5.41) is 6.41. The van der Waals surface area contributed by atoms with Gasteiger partial charge >= 0.3 is 0 Å². The number of benzene rings is 2. The van der Waals surface area contributed by atoms with Crippen LogP contribution in [0.3, 0.4) is 0 Å². The van der Waals surface area contributed by atoms with Gasteiger partial charge in [0.2, 0.25) is 0 Å². The van der Waals surface area contributed by atoms with Gasteiger partial charge in [0.05, 0.1) is 15.9 Å². The highest BCUT2D eigenvalue weighted by molar-refractivity contribution is 7.23. The number of hydrogen-bond donors (Lipinski definition) is 2. The van der Waals surface area contributed by atoms with E-state index in [0.717, 1.165) is 66.2 Å². The molecule has 2 fully saturated rings. The average molecular weight is 524 g/mol. The summed E-state index contributed by atoms with van der Waals surface area (Å²) < 4.78 is 31.2. The molecular formula is C28H31F2N5OS. The molecule has 4 aromatic rings. The van der Waals surface area contributed by atoms with Crippen molar-refractivity contribution in [2.24, 2.45) is 0 Å². The summed E-state index contributed by atoms with van der Waals surface area (Å²) >= 11 is 1.49. The number of halogens is 2. The first-order valence-electron chi connectivity index (χ1n) is 13.1. The molecule has 2 aromatic heterocycles. The Morgan fingerprint density at radius 3 is 2.81 bits per heavy atom. The summed E-state index contributed by atoms with van der Waals surface area (Å²) in [4.78, 5) is 20.4. The number of nitrogens with one attached hydrogen (secondary N) is 2. The third-order valence-corrected chi connectivity index (χ3v) is 8.56. The predicted molar refractivity (Wildman–Crippen MR) is 143 cm³/mol. The second-order valence-electron chi connectivity index (χ2n) is 10.1. The molecule has 6 nitrogen and oxygen atoms in total. The Labute approximate surface area is 218 Å². The van der Waals surface area contributed by atoms with Crippen LogP contribution in [0, 0.1) is 5.82 Å². The van der Waals surface area contributed by atoms with Crippen LogP contribution in [0.2, 0.25) is 0 Å². The van der Waals surface area contributed by atoms with Crippen LogP contribution in [0.5, 0.6) is 0 Å². The number of alkyl halides is 1. The van der Waals surface area contributed by atoms with E-state index in [-0.39, 0.29) is 17.8 Å². The molecule has 0 spiro atoms. The molecule has 0 bridgehead atoms. The topological polar surface area (TPSA) is 61.7 Å². The summed E-state index contributed by atoms with van der Waals surface area (Å²) in [5.74, 6) is -0.359. The van der Waals surface area contributed by atoms with Crippen molar-refractivity contribution in [2.75, 3.05) is 32.7 Å². The van der Waals surface area contributed by atoms with Gasteiger partial charge in [-0.1, -0.05) is 17.4 Å². The van der Waals surface area contributed by atoms with Crippen LogP contribution >= 0.6 is 11.3 Å². The average Bonchev–Trinajstić information content (AvgIpc) is 3.64. The van der Waals surface area contributed by atoms with Gasteiger partial charge in [-0.2, -0.15) is 0 Å². The van der Waals surface area contributed by atoms with E-state index in [9.17, 15) is 13.6 Å². The SMILES string of the molecule is O=C(NCCCN1CCC(F)CC1)c1ccc2c(c1)sc1nc(-c3ccc([C@@H]4CCCN4)cc3F)cn12. The number of rotatable bonds is 7. The van der Waals surface area contributed by atoms with E-state index in [0.29, 0.717) is 36.2 Å². The van der Waals surface area contributed by atoms with Gasteiger partial charge in [-0.15, -0.1) is 0 Å². The molecule has 1 atom stereocenters. The van der Waals surface area contributed by atoms with Gasteiger partial charge in [0.25, 0.3) is 5.91 Å². The minimum Gasteiger partial charge on any atom is -0.352 e. The smallest absolute Gasteiger partial charge is 0.251 e. The van der Waals surface area contributed by atoms with Gasteiger partial charge < -0.3 is 15.5 Å². The molecular weight excluding hydrogens is 492 g/mol. The predicted octanol–water partition coefficient (Wildman–Crippen LogP) is 5.33. The van der Waals surface area contributed by atoms with Gasteiger partial charge in [0, 0.05) is 43.0 Å². The number of hydrogen-bond acceptors (Lipinski definition) is 5. The summed E-state index contributed by atoms with van der Waals surface area (Å²) in [7, 11) is 0. The van der Waals surface area contributed by atoms with E-state index in [1.54, 1.807) is 6.07 Å². The van der Waals surface area contributed by atoms with E-state index in [2.05, 4.69) is 20.5 Å². The van der Waals surface area contributed by atoms with Gasteiger partial charge in [0.15, 0.2) is 4.96 Å². The highest BCUT2D eigenvalue weighted by atomic mass is 32.1. The molecule has 9 heteroatoms. The van der Waals surface area contributed by atoms with Crippen LogP contribution < -0.4 is 10.6 Å². The standard InChI is InChI=1S/C28H31F2N5OS/c29-20-8-13-34(14-9-20)12-2-11-32-27(36)19-5-7-25-26(16-19)37-28-33-24(17-35(25)28)21-6-4-18(15-22(21)30)23-3-1-10-31-23/h4-7,15-17,20,23,31H,1-3,8-14H2,(H,32,36)/t23-/m0/s1. The molecule has 194 valence electrons. The molecule has 4 heterocycles. The molecule has 37 heavy (non-hydrogen) atoms. The van der Waals surface area contributed by atoms with Crippen molar-refractivity contribution in [3.63, 3.8) is 0 Å². The fourth-order valence-corrected chi connectivity index (χ4v) is 6.48. The van der Waals surface area contributed by atoms with Crippen molar-refractivity contribution in [3.8, 4) is 11.3 Å². The second-order valence-corrected chi connectivity index (χ2v) is 11.1. The lowest BCUT2D eigenvalue weighted by atomic mass is 10.0. The Balaban J connectivity index is 1.12. The second kappa shape index (κ2) is 10.5. The van der Waals surface area contributed by atoms with Crippen molar-refractivity contribution in [1.82, 2.24) is 24.9 Å². The Kier molecular flexibility index (Phi) is 6.92. The van der Waals surface area contributed by atoms with Crippen molar-refractivity contribution >= 4 is 32.4 Å². The van der Waals surface area contributed by atoms with Crippen LogP contribution in [0.1, 0.15) is 54.1 Å². The third-order valence-electron chi connectivity index (χ3n) is 7.54. The minimum atomic E-state index is -0.663. The van der Waals surface area contributed by atoms with E-state index in [1.165, 1.54) is 11.3 Å². The van der Waals surface area contributed by atoms with Gasteiger partial charge in [-0.05, 0) is 81.1 Å². The van der Waals surface area contributed by atoms with E-state index in [1.807, 2.05) is 40.9 Å². The first-order valence-corrected chi connectivity index (χ1v) is 14.0. The Morgan fingerprint density at radius 1 is 1.16 bits per heavy atom. The largest absolute Gasteiger partial charge is 0.352 e. The summed E-state index contributed by atoms with van der Waals surface area (Å²) in [5.41, 5.74) is 3.64. The van der Waals surface area contributed by atoms with Crippen LogP contribution in [0.4, 0.5) is 8.78 Å². The zero-order valence-electron chi connectivity index (χ0n) is 20.7. The number of nitrogens with zero attached hydrogens (tertiary/aromatic N) is 3. The number of carbonyl (C=O) groups excluding carboxylic acids is 1. The lowest BCUT2D eigenvalue weighted by Crippen LogP contribution is -2.36. The first-order chi connectivity index (χ1) is 18.0. The maximum atomic E-state index is 15.0. The molecule has 0 aliphatic carbocycles. The molecule has 0 radical (unpaired) electrons. The maximum Gasteiger partial charge on any atom is 0.251 e. The fraction of sp³-hybridized carbons (Fsp3) is 0.429. The van der Waals surface area contributed by atoms with Crippen molar-refractivity contribution in [2.45, 2.75) is 44.3 Å². The van der Waals surface area contributed by atoms with Crippen LogP contribution in [-0.4, -0.2) is 59.1 Å². The van der Waals surface area contributed by atoms with E-state index >= 15 is 0 Å². The molecule has 2 N–H and O–H groups in total.